The summed E-state index contributed by atoms with van der Waals surface area (Å²) in [6, 6.07) is 1.90. The molecular formula is C15H25N3O. The lowest BCUT2D eigenvalue weighted by Gasteiger charge is -2.30. The molecule has 1 saturated carbocycles. The van der Waals surface area contributed by atoms with E-state index in [9.17, 15) is 0 Å². The molecule has 4 nitrogen and oxygen atoms in total. The number of anilines is 1. The first-order chi connectivity index (χ1) is 9.26. The largest absolute Gasteiger partial charge is 0.474 e. The Hall–Kier alpha value is -1.32. The van der Waals surface area contributed by atoms with Gasteiger partial charge in [-0.15, -0.1) is 0 Å². The van der Waals surface area contributed by atoms with Gasteiger partial charge in [0.25, 0.3) is 0 Å². The van der Waals surface area contributed by atoms with Gasteiger partial charge in [0.1, 0.15) is 17.7 Å². The number of nitrogens with one attached hydrogen (secondary N) is 1. The van der Waals surface area contributed by atoms with E-state index < -0.39 is 0 Å². The second-order valence-electron chi connectivity index (χ2n) is 5.22. The van der Waals surface area contributed by atoms with E-state index >= 15 is 0 Å². The lowest BCUT2D eigenvalue weighted by atomic mass is 9.85. The Kier molecular flexibility index (Phi) is 5.00. The van der Waals surface area contributed by atoms with Gasteiger partial charge in [0.2, 0.25) is 5.88 Å². The summed E-state index contributed by atoms with van der Waals surface area (Å²) in [6.07, 6.45) is 7.38. The smallest absolute Gasteiger partial charge is 0.219 e. The average molecular weight is 263 g/mol. The molecule has 106 valence electrons. The number of aromatic nitrogens is 2. The predicted molar refractivity (Wildman–Crippen MR) is 77.6 cm³/mol. The van der Waals surface area contributed by atoms with Gasteiger partial charge in [-0.05, 0) is 31.6 Å². The minimum Gasteiger partial charge on any atom is -0.474 e. The first kappa shape index (κ1) is 14.1. The number of hydrogen-bond acceptors (Lipinski definition) is 4. The van der Waals surface area contributed by atoms with Crippen molar-refractivity contribution < 1.29 is 4.74 Å². The van der Waals surface area contributed by atoms with Crippen LogP contribution in [0.3, 0.4) is 0 Å². The molecule has 0 saturated heterocycles. The fourth-order valence-electron chi connectivity index (χ4n) is 2.77. The molecule has 1 aromatic heterocycles. The van der Waals surface area contributed by atoms with Gasteiger partial charge in [-0.25, -0.2) is 4.98 Å². The molecule has 0 bridgehead atoms. The third-order valence-corrected chi connectivity index (χ3v) is 3.96. The maximum atomic E-state index is 6.15. The van der Waals surface area contributed by atoms with Crippen LogP contribution in [-0.2, 0) is 6.42 Å². The SMILES string of the molecule is CCc1nc(NC)cc(OC2CCCCC2CC)n1. The van der Waals surface area contributed by atoms with E-state index in [0.29, 0.717) is 12.0 Å². The zero-order chi connectivity index (χ0) is 13.7. The van der Waals surface area contributed by atoms with Gasteiger partial charge < -0.3 is 10.1 Å². The van der Waals surface area contributed by atoms with Crippen LogP contribution in [0.25, 0.3) is 0 Å². The third kappa shape index (κ3) is 3.58. The van der Waals surface area contributed by atoms with Crippen LogP contribution >= 0.6 is 0 Å². The van der Waals surface area contributed by atoms with Gasteiger partial charge in [0.05, 0.1) is 0 Å². The number of ether oxygens (including phenoxy) is 1. The van der Waals surface area contributed by atoms with E-state index in [1.807, 2.05) is 13.1 Å². The topological polar surface area (TPSA) is 47.0 Å². The first-order valence-corrected chi connectivity index (χ1v) is 7.49. The van der Waals surface area contributed by atoms with E-state index in [1.54, 1.807) is 0 Å². The molecule has 1 aliphatic rings. The van der Waals surface area contributed by atoms with Crippen molar-refractivity contribution in [3.63, 3.8) is 0 Å². The molecule has 0 spiro atoms. The van der Waals surface area contributed by atoms with Crippen LogP contribution in [0.5, 0.6) is 5.88 Å². The summed E-state index contributed by atoms with van der Waals surface area (Å²) >= 11 is 0. The molecule has 19 heavy (non-hydrogen) atoms. The number of aryl methyl sites for hydroxylation is 1. The lowest BCUT2D eigenvalue weighted by molar-refractivity contribution is 0.0855. The molecule has 4 heteroatoms. The van der Waals surface area contributed by atoms with Crippen molar-refractivity contribution in [2.75, 3.05) is 12.4 Å². The van der Waals surface area contributed by atoms with Gasteiger partial charge in [-0.1, -0.05) is 20.3 Å². The van der Waals surface area contributed by atoms with E-state index in [4.69, 9.17) is 4.74 Å². The summed E-state index contributed by atoms with van der Waals surface area (Å²) in [5, 5.41) is 3.07. The highest BCUT2D eigenvalue weighted by molar-refractivity contribution is 5.37. The first-order valence-electron chi connectivity index (χ1n) is 7.49. The van der Waals surface area contributed by atoms with Crippen molar-refractivity contribution in [3.05, 3.63) is 11.9 Å². The van der Waals surface area contributed by atoms with Crippen LogP contribution in [0, 0.1) is 5.92 Å². The second-order valence-corrected chi connectivity index (χ2v) is 5.22. The quantitative estimate of drug-likeness (QED) is 0.884. The van der Waals surface area contributed by atoms with Crippen LogP contribution in [-0.4, -0.2) is 23.1 Å². The Bertz CT molecular complexity index is 386. The summed E-state index contributed by atoms with van der Waals surface area (Å²) in [5.74, 6) is 3.07. The van der Waals surface area contributed by atoms with E-state index in [1.165, 1.54) is 25.7 Å². The van der Waals surface area contributed by atoms with Crippen LogP contribution in [0.2, 0.25) is 0 Å². The predicted octanol–water partition coefficient (Wildman–Crippen LogP) is 3.43. The highest BCUT2D eigenvalue weighted by Crippen LogP contribution is 2.30. The number of nitrogens with zero attached hydrogens (tertiary/aromatic N) is 2. The molecule has 1 fully saturated rings. The summed E-state index contributed by atoms with van der Waals surface area (Å²) < 4.78 is 6.15. The fraction of sp³-hybridized carbons (Fsp3) is 0.733. The van der Waals surface area contributed by atoms with Crippen LogP contribution in [0.4, 0.5) is 5.82 Å². The minimum absolute atomic E-state index is 0.322. The minimum atomic E-state index is 0.322. The summed E-state index contributed by atoms with van der Waals surface area (Å²) in [5.41, 5.74) is 0. The number of hydrogen-bond donors (Lipinski definition) is 1. The summed E-state index contributed by atoms with van der Waals surface area (Å²) in [4.78, 5) is 8.89. The standard InChI is InChI=1S/C15H25N3O/c1-4-11-8-6-7-9-12(11)19-15-10-14(16-3)17-13(5-2)18-15/h10-12H,4-9H2,1-3H3,(H,16,17,18). The Morgan fingerprint density at radius 2 is 2.05 bits per heavy atom. The molecular weight excluding hydrogens is 238 g/mol. The van der Waals surface area contributed by atoms with Crippen molar-refractivity contribution in [2.24, 2.45) is 5.92 Å². The third-order valence-electron chi connectivity index (χ3n) is 3.96. The van der Waals surface area contributed by atoms with E-state index in [0.717, 1.165) is 30.4 Å². The molecule has 1 aromatic rings. The van der Waals surface area contributed by atoms with Gasteiger partial charge in [-0.3, -0.25) is 0 Å². The van der Waals surface area contributed by atoms with Crippen LogP contribution in [0.15, 0.2) is 6.07 Å². The molecule has 0 aliphatic heterocycles. The van der Waals surface area contributed by atoms with Gasteiger partial charge in [0, 0.05) is 19.5 Å². The Morgan fingerprint density at radius 1 is 1.26 bits per heavy atom. The Balaban J connectivity index is 2.12. The molecule has 2 atom stereocenters. The zero-order valence-corrected chi connectivity index (χ0v) is 12.3. The second kappa shape index (κ2) is 6.73. The van der Waals surface area contributed by atoms with Crippen molar-refractivity contribution in [1.82, 2.24) is 9.97 Å². The Morgan fingerprint density at radius 3 is 2.74 bits per heavy atom. The van der Waals surface area contributed by atoms with Gasteiger partial charge >= 0.3 is 0 Å². The van der Waals surface area contributed by atoms with E-state index in [-0.39, 0.29) is 0 Å². The highest BCUT2D eigenvalue weighted by atomic mass is 16.5. The van der Waals surface area contributed by atoms with Crippen molar-refractivity contribution in [2.45, 2.75) is 58.5 Å². The van der Waals surface area contributed by atoms with Gasteiger partial charge in [-0.2, -0.15) is 4.98 Å². The van der Waals surface area contributed by atoms with Crippen LogP contribution < -0.4 is 10.1 Å². The molecule has 0 radical (unpaired) electrons. The molecule has 2 rings (SSSR count). The molecule has 2 unspecified atom stereocenters. The number of rotatable bonds is 5. The molecule has 1 aliphatic carbocycles. The molecule has 1 heterocycles. The Labute approximate surface area is 116 Å². The average Bonchev–Trinajstić information content (AvgIpc) is 2.47. The maximum Gasteiger partial charge on any atom is 0.219 e. The molecule has 1 N–H and O–H groups in total. The summed E-state index contributed by atoms with van der Waals surface area (Å²) in [6.45, 7) is 4.32. The van der Waals surface area contributed by atoms with Crippen LogP contribution in [0.1, 0.15) is 51.8 Å². The lowest BCUT2D eigenvalue weighted by Crippen LogP contribution is -2.30. The normalized spacial score (nSPS) is 23.1. The fourth-order valence-corrected chi connectivity index (χ4v) is 2.77. The summed E-state index contributed by atoms with van der Waals surface area (Å²) in [7, 11) is 1.88. The molecule has 0 aromatic carbocycles. The van der Waals surface area contributed by atoms with Crippen molar-refractivity contribution in [1.29, 1.82) is 0 Å². The molecule has 0 amide bonds. The van der Waals surface area contributed by atoms with Crippen molar-refractivity contribution in [3.8, 4) is 5.88 Å². The van der Waals surface area contributed by atoms with E-state index in [2.05, 4.69) is 29.1 Å². The van der Waals surface area contributed by atoms with Crippen molar-refractivity contribution >= 4 is 5.82 Å². The highest BCUT2D eigenvalue weighted by Gasteiger charge is 2.25. The maximum absolute atomic E-state index is 6.15. The van der Waals surface area contributed by atoms with Gasteiger partial charge in [0.15, 0.2) is 0 Å². The zero-order valence-electron chi connectivity index (χ0n) is 12.3. The monoisotopic (exact) mass is 263 g/mol.